The van der Waals surface area contributed by atoms with Gasteiger partial charge in [-0.1, -0.05) is 30.3 Å². The normalized spacial score (nSPS) is 10.8. The molecule has 118 valence electrons. The molecule has 0 amide bonds. The van der Waals surface area contributed by atoms with E-state index >= 15 is 0 Å². The molecule has 0 radical (unpaired) electrons. The van der Waals surface area contributed by atoms with Gasteiger partial charge in [-0.15, -0.1) is 11.6 Å². The van der Waals surface area contributed by atoms with Crippen molar-refractivity contribution in [2.24, 2.45) is 0 Å². The van der Waals surface area contributed by atoms with Crippen molar-refractivity contribution >= 4 is 28.2 Å². The van der Waals surface area contributed by atoms with Crippen LogP contribution < -0.4 is 4.74 Å². The fourth-order valence-corrected chi connectivity index (χ4v) is 2.80. The van der Waals surface area contributed by atoms with Crippen LogP contribution in [0.2, 0.25) is 0 Å². The standard InChI is InChI=1S/C17H15ClN2O3/c18-8-6-13-14-7-9-19-17(14)16(10-15(13)20(21)22)23-11-12-4-2-1-3-5-12/h1-5,7,9-10,19H,6,8,11H2. The van der Waals surface area contributed by atoms with Crippen LogP contribution in [0.4, 0.5) is 5.69 Å². The first-order valence-corrected chi connectivity index (χ1v) is 7.74. The molecule has 3 aromatic rings. The lowest BCUT2D eigenvalue weighted by Crippen LogP contribution is -2.01. The number of nitrogens with zero attached hydrogens (tertiary/aromatic N) is 1. The number of ether oxygens (including phenoxy) is 1. The Morgan fingerprint density at radius 3 is 2.70 bits per heavy atom. The van der Waals surface area contributed by atoms with E-state index in [9.17, 15) is 10.1 Å². The first-order chi connectivity index (χ1) is 11.2. The monoisotopic (exact) mass is 330 g/mol. The Kier molecular flexibility index (Phi) is 4.48. The van der Waals surface area contributed by atoms with E-state index < -0.39 is 0 Å². The molecule has 0 aliphatic heterocycles. The molecule has 6 heteroatoms. The molecule has 0 bridgehead atoms. The molecule has 3 rings (SSSR count). The molecular formula is C17H15ClN2O3. The fraction of sp³-hybridized carbons (Fsp3) is 0.176. The summed E-state index contributed by atoms with van der Waals surface area (Å²) in [7, 11) is 0. The molecule has 0 fully saturated rings. The number of nitro benzene ring substituents is 1. The van der Waals surface area contributed by atoms with E-state index in [1.165, 1.54) is 6.07 Å². The van der Waals surface area contributed by atoms with Crippen molar-refractivity contribution in [3.63, 3.8) is 0 Å². The third-order valence-corrected chi connectivity index (χ3v) is 3.86. The number of nitro groups is 1. The lowest BCUT2D eigenvalue weighted by molar-refractivity contribution is -0.385. The SMILES string of the molecule is O=[N+]([O-])c1cc(OCc2ccccc2)c2[nH]ccc2c1CCCl. The molecule has 0 saturated carbocycles. The highest BCUT2D eigenvalue weighted by molar-refractivity contribution is 6.18. The Bertz CT molecular complexity index is 830. The molecule has 23 heavy (non-hydrogen) atoms. The molecule has 1 N–H and O–H groups in total. The number of benzene rings is 2. The van der Waals surface area contributed by atoms with Crippen molar-refractivity contribution in [2.75, 3.05) is 5.88 Å². The van der Waals surface area contributed by atoms with E-state index in [1.54, 1.807) is 6.20 Å². The maximum Gasteiger partial charge on any atom is 0.277 e. The van der Waals surface area contributed by atoms with Crippen molar-refractivity contribution in [2.45, 2.75) is 13.0 Å². The van der Waals surface area contributed by atoms with Crippen LogP contribution in [0.3, 0.4) is 0 Å². The number of halogens is 1. The zero-order valence-corrected chi connectivity index (χ0v) is 13.0. The third-order valence-electron chi connectivity index (χ3n) is 3.67. The lowest BCUT2D eigenvalue weighted by Gasteiger charge is -2.10. The molecule has 0 unspecified atom stereocenters. The van der Waals surface area contributed by atoms with Crippen LogP contribution in [-0.4, -0.2) is 15.8 Å². The van der Waals surface area contributed by atoms with Crippen LogP contribution in [0, 0.1) is 10.1 Å². The topological polar surface area (TPSA) is 68.2 Å². The number of hydrogen-bond acceptors (Lipinski definition) is 3. The van der Waals surface area contributed by atoms with Gasteiger partial charge >= 0.3 is 0 Å². The van der Waals surface area contributed by atoms with E-state index in [2.05, 4.69) is 4.98 Å². The van der Waals surface area contributed by atoms with Crippen molar-refractivity contribution in [3.8, 4) is 5.75 Å². The molecule has 1 aromatic heterocycles. The van der Waals surface area contributed by atoms with Crippen LogP contribution in [0.1, 0.15) is 11.1 Å². The van der Waals surface area contributed by atoms with Crippen LogP contribution in [-0.2, 0) is 13.0 Å². The molecule has 0 aliphatic carbocycles. The summed E-state index contributed by atoms with van der Waals surface area (Å²) in [6.07, 6.45) is 2.19. The second-order valence-electron chi connectivity index (χ2n) is 5.11. The molecule has 5 nitrogen and oxygen atoms in total. The van der Waals surface area contributed by atoms with Gasteiger partial charge in [-0.25, -0.2) is 0 Å². The summed E-state index contributed by atoms with van der Waals surface area (Å²) in [4.78, 5) is 14.1. The van der Waals surface area contributed by atoms with Gasteiger partial charge in [0, 0.05) is 23.0 Å². The molecule has 1 heterocycles. The van der Waals surface area contributed by atoms with Gasteiger partial charge < -0.3 is 9.72 Å². The van der Waals surface area contributed by atoms with Crippen molar-refractivity contribution in [1.82, 2.24) is 4.98 Å². The Morgan fingerprint density at radius 1 is 1.22 bits per heavy atom. The first-order valence-electron chi connectivity index (χ1n) is 7.20. The van der Waals surface area contributed by atoms with Crippen LogP contribution >= 0.6 is 11.6 Å². The van der Waals surface area contributed by atoms with E-state index in [1.807, 2.05) is 36.4 Å². The second kappa shape index (κ2) is 6.71. The number of nitrogens with one attached hydrogen (secondary N) is 1. The summed E-state index contributed by atoms with van der Waals surface area (Å²) >= 11 is 5.80. The summed E-state index contributed by atoms with van der Waals surface area (Å²) in [6.45, 7) is 0.348. The number of H-pyrrole nitrogens is 1. The maximum atomic E-state index is 11.4. The largest absolute Gasteiger partial charge is 0.486 e. The number of fused-ring (bicyclic) bond motifs is 1. The van der Waals surface area contributed by atoms with Crippen LogP contribution in [0.25, 0.3) is 10.9 Å². The number of aromatic nitrogens is 1. The minimum absolute atomic E-state index is 0.0424. The zero-order valence-electron chi connectivity index (χ0n) is 12.3. The van der Waals surface area contributed by atoms with Crippen molar-refractivity contribution < 1.29 is 9.66 Å². The van der Waals surface area contributed by atoms with E-state index in [0.717, 1.165) is 16.5 Å². The quantitative estimate of drug-likeness (QED) is 0.413. The molecule has 2 aromatic carbocycles. The minimum atomic E-state index is -0.385. The summed E-state index contributed by atoms with van der Waals surface area (Å²) < 4.78 is 5.82. The predicted octanol–water partition coefficient (Wildman–Crippen LogP) is 4.44. The summed E-state index contributed by atoms with van der Waals surface area (Å²) in [5.74, 6) is 0.796. The minimum Gasteiger partial charge on any atom is -0.486 e. The molecule has 0 spiro atoms. The average molecular weight is 331 g/mol. The zero-order chi connectivity index (χ0) is 16.2. The molecule has 0 aliphatic rings. The number of aryl methyl sites for hydroxylation is 1. The van der Waals surface area contributed by atoms with Gasteiger partial charge in [-0.05, 0) is 18.1 Å². The number of hydrogen-bond donors (Lipinski definition) is 1. The van der Waals surface area contributed by atoms with Crippen molar-refractivity contribution in [3.05, 3.63) is 69.9 Å². The summed E-state index contributed by atoms with van der Waals surface area (Å²) in [6, 6.07) is 13.0. The summed E-state index contributed by atoms with van der Waals surface area (Å²) in [5, 5.41) is 12.2. The van der Waals surface area contributed by atoms with Crippen LogP contribution in [0.5, 0.6) is 5.75 Å². The lowest BCUT2D eigenvalue weighted by atomic mass is 10.0. The Morgan fingerprint density at radius 2 is 2.00 bits per heavy atom. The fourth-order valence-electron chi connectivity index (χ4n) is 2.62. The van der Waals surface area contributed by atoms with Gasteiger partial charge in [0.2, 0.25) is 0 Å². The summed E-state index contributed by atoms with van der Waals surface area (Å²) in [5.41, 5.74) is 2.43. The van der Waals surface area contributed by atoms with Crippen LogP contribution in [0.15, 0.2) is 48.7 Å². The smallest absolute Gasteiger partial charge is 0.277 e. The van der Waals surface area contributed by atoms with Gasteiger partial charge in [0.1, 0.15) is 6.61 Å². The Hall–Kier alpha value is -2.53. The Balaban J connectivity index is 2.01. The highest BCUT2D eigenvalue weighted by Gasteiger charge is 2.21. The Labute approximate surface area is 138 Å². The highest BCUT2D eigenvalue weighted by Crippen LogP contribution is 2.36. The van der Waals surface area contributed by atoms with Crippen molar-refractivity contribution in [1.29, 1.82) is 0 Å². The second-order valence-corrected chi connectivity index (χ2v) is 5.49. The maximum absolute atomic E-state index is 11.4. The van der Waals surface area contributed by atoms with Gasteiger partial charge in [0.15, 0.2) is 5.75 Å². The average Bonchev–Trinajstić information content (AvgIpc) is 3.04. The van der Waals surface area contributed by atoms with Gasteiger partial charge in [-0.3, -0.25) is 10.1 Å². The number of aromatic amines is 1. The molecular weight excluding hydrogens is 316 g/mol. The highest BCUT2D eigenvalue weighted by atomic mass is 35.5. The molecule has 0 saturated heterocycles. The number of rotatable bonds is 6. The number of alkyl halides is 1. The first kappa shape index (κ1) is 15.4. The molecule has 0 atom stereocenters. The predicted molar refractivity (Wildman–Crippen MR) is 90.2 cm³/mol. The van der Waals surface area contributed by atoms with Gasteiger partial charge in [0.05, 0.1) is 16.5 Å². The van der Waals surface area contributed by atoms with E-state index in [-0.39, 0.29) is 10.6 Å². The van der Waals surface area contributed by atoms with E-state index in [0.29, 0.717) is 30.2 Å². The third kappa shape index (κ3) is 3.14. The van der Waals surface area contributed by atoms with Gasteiger partial charge in [0.25, 0.3) is 5.69 Å². The van der Waals surface area contributed by atoms with E-state index in [4.69, 9.17) is 16.3 Å². The van der Waals surface area contributed by atoms with Gasteiger partial charge in [-0.2, -0.15) is 0 Å².